The SMILES string of the molecule is Cc1cnc2n1CC(SC1=C(C(=O)O)N3C(=O)[C@H]([C@@H](C)O)[C@H]3[C@H]1C)CS2. The summed E-state index contributed by atoms with van der Waals surface area (Å²) in [5.74, 6) is -1.10. The molecule has 4 heterocycles. The molecule has 9 heteroatoms. The van der Waals surface area contributed by atoms with Crippen molar-refractivity contribution in [3.63, 3.8) is 0 Å². The second kappa shape index (κ2) is 6.31. The number of aryl methyl sites for hydroxylation is 1. The maximum absolute atomic E-state index is 12.4. The molecule has 0 aromatic carbocycles. The summed E-state index contributed by atoms with van der Waals surface area (Å²) in [5, 5.41) is 20.9. The Morgan fingerprint density at radius 2 is 2.23 bits per heavy atom. The summed E-state index contributed by atoms with van der Waals surface area (Å²) in [6.07, 6.45) is 1.08. The summed E-state index contributed by atoms with van der Waals surface area (Å²) in [5.41, 5.74) is 1.20. The molecule has 1 saturated heterocycles. The normalized spacial score (nSPS) is 31.5. The zero-order chi connectivity index (χ0) is 18.7. The average molecular weight is 396 g/mol. The molecule has 7 nitrogen and oxygen atoms in total. The van der Waals surface area contributed by atoms with Crippen molar-refractivity contribution in [2.45, 2.75) is 49.9 Å². The van der Waals surface area contributed by atoms with Crippen molar-refractivity contribution in [2.24, 2.45) is 11.8 Å². The molecule has 0 radical (unpaired) electrons. The van der Waals surface area contributed by atoms with Gasteiger partial charge < -0.3 is 19.7 Å². The molecule has 26 heavy (non-hydrogen) atoms. The van der Waals surface area contributed by atoms with Crippen LogP contribution in [0.4, 0.5) is 0 Å². The Morgan fingerprint density at radius 1 is 1.50 bits per heavy atom. The molecule has 1 amide bonds. The fraction of sp³-hybridized carbons (Fsp3) is 0.588. The quantitative estimate of drug-likeness (QED) is 0.747. The number of β-lactam (4-membered cyclic amide) rings is 1. The number of fused-ring (bicyclic) bond motifs is 2. The van der Waals surface area contributed by atoms with Crippen molar-refractivity contribution in [1.29, 1.82) is 0 Å². The van der Waals surface area contributed by atoms with Crippen LogP contribution in [0.3, 0.4) is 0 Å². The number of aliphatic carboxylic acids is 1. The second-order valence-corrected chi connectivity index (χ2v) is 9.44. The molecule has 0 saturated carbocycles. The number of aliphatic hydroxyl groups is 1. The van der Waals surface area contributed by atoms with Crippen molar-refractivity contribution < 1.29 is 19.8 Å². The van der Waals surface area contributed by atoms with E-state index in [1.807, 2.05) is 20.0 Å². The zero-order valence-electron chi connectivity index (χ0n) is 14.7. The maximum atomic E-state index is 12.4. The standard InChI is InChI=1S/C17H21N3O4S2/c1-7-4-18-17-19(7)5-10(6-25-17)26-14-8(2)12-11(9(3)21)15(22)20(12)13(14)16(23)24/h4,8-12,21H,5-6H2,1-3H3,(H,23,24)/t8-,9-,10?,11-,12-/m1/s1. The molecule has 0 bridgehead atoms. The van der Waals surface area contributed by atoms with Gasteiger partial charge in [0.05, 0.1) is 18.1 Å². The second-order valence-electron chi connectivity index (χ2n) is 7.12. The van der Waals surface area contributed by atoms with Gasteiger partial charge in [0.25, 0.3) is 0 Å². The fourth-order valence-corrected chi connectivity index (χ4v) is 6.78. The van der Waals surface area contributed by atoms with Crippen molar-refractivity contribution in [2.75, 3.05) is 5.75 Å². The Hall–Kier alpha value is -1.45. The molecule has 3 aliphatic rings. The van der Waals surface area contributed by atoms with Gasteiger partial charge >= 0.3 is 5.97 Å². The Bertz CT molecular complexity index is 819. The van der Waals surface area contributed by atoms with E-state index in [1.54, 1.807) is 30.4 Å². The smallest absolute Gasteiger partial charge is 0.353 e. The summed E-state index contributed by atoms with van der Waals surface area (Å²) in [4.78, 5) is 30.8. The number of nitrogens with zero attached hydrogens (tertiary/aromatic N) is 3. The highest BCUT2D eigenvalue weighted by molar-refractivity contribution is 8.05. The predicted molar refractivity (Wildman–Crippen MR) is 98.7 cm³/mol. The van der Waals surface area contributed by atoms with Gasteiger partial charge in [0.2, 0.25) is 5.91 Å². The third-order valence-corrected chi connectivity index (χ3v) is 8.24. The third-order valence-electron chi connectivity index (χ3n) is 5.41. The van der Waals surface area contributed by atoms with E-state index in [0.29, 0.717) is 0 Å². The highest BCUT2D eigenvalue weighted by Gasteiger charge is 2.60. The number of imidazole rings is 1. The number of aliphatic hydroxyl groups excluding tert-OH is 1. The maximum Gasteiger partial charge on any atom is 0.353 e. The summed E-state index contributed by atoms with van der Waals surface area (Å²) < 4.78 is 2.16. The molecule has 5 atom stereocenters. The van der Waals surface area contributed by atoms with Crippen LogP contribution in [0, 0.1) is 18.8 Å². The van der Waals surface area contributed by atoms with Crippen molar-refractivity contribution in [3.8, 4) is 0 Å². The molecule has 0 spiro atoms. The highest BCUT2D eigenvalue weighted by Crippen LogP contribution is 2.52. The molecule has 1 fully saturated rings. The third kappa shape index (κ3) is 2.51. The molecule has 4 rings (SSSR count). The van der Waals surface area contributed by atoms with Gasteiger partial charge in [0, 0.05) is 40.3 Å². The van der Waals surface area contributed by atoms with Crippen LogP contribution in [0.5, 0.6) is 0 Å². The number of carbonyl (C=O) groups is 2. The first kappa shape index (κ1) is 17.9. The first-order chi connectivity index (χ1) is 12.3. The highest BCUT2D eigenvalue weighted by atomic mass is 32.2. The topological polar surface area (TPSA) is 95.7 Å². The number of thioether (sulfide) groups is 2. The number of hydrogen-bond acceptors (Lipinski definition) is 6. The molecule has 0 aliphatic carbocycles. The number of hydrogen-bond donors (Lipinski definition) is 2. The van der Waals surface area contributed by atoms with E-state index in [9.17, 15) is 19.8 Å². The van der Waals surface area contributed by atoms with E-state index in [-0.39, 0.29) is 28.8 Å². The van der Waals surface area contributed by atoms with E-state index in [0.717, 1.165) is 28.1 Å². The number of carboxylic acid groups (broad SMARTS) is 1. The van der Waals surface area contributed by atoms with Crippen LogP contribution < -0.4 is 0 Å². The molecule has 2 N–H and O–H groups in total. The first-order valence-electron chi connectivity index (χ1n) is 8.61. The van der Waals surface area contributed by atoms with Gasteiger partial charge in [-0.3, -0.25) is 4.79 Å². The number of aromatic nitrogens is 2. The lowest BCUT2D eigenvalue weighted by Gasteiger charge is -2.46. The van der Waals surface area contributed by atoms with Gasteiger partial charge in [-0.15, -0.1) is 11.8 Å². The number of rotatable bonds is 4. The summed E-state index contributed by atoms with van der Waals surface area (Å²) in [6, 6.07) is -0.252. The Kier molecular flexibility index (Phi) is 4.36. The van der Waals surface area contributed by atoms with Gasteiger partial charge in [-0.2, -0.15) is 0 Å². The Labute approximate surface area is 159 Å². The average Bonchev–Trinajstić information content (AvgIpc) is 3.05. The van der Waals surface area contributed by atoms with Crippen molar-refractivity contribution in [3.05, 3.63) is 22.5 Å². The van der Waals surface area contributed by atoms with Crippen molar-refractivity contribution >= 4 is 35.4 Å². The Morgan fingerprint density at radius 3 is 2.88 bits per heavy atom. The van der Waals surface area contributed by atoms with Gasteiger partial charge in [0.15, 0.2) is 5.16 Å². The lowest BCUT2D eigenvalue weighted by atomic mass is 9.79. The van der Waals surface area contributed by atoms with Crippen LogP contribution >= 0.6 is 23.5 Å². The van der Waals surface area contributed by atoms with Gasteiger partial charge in [-0.1, -0.05) is 18.7 Å². The van der Waals surface area contributed by atoms with Crippen LogP contribution in [-0.4, -0.2) is 59.7 Å². The van der Waals surface area contributed by atoms with Gasteiger partial charge in [-0.05, 0) is 13.8 Å². The number of amides is 1. The summed E-state index contributed by atoms with van der Waals surface area (Å²) >= 11 is 3.24. The lowest BCUT2D eigenvalue weighted by Crippen LogP contribution is -2.63. The van der Waals surface area contributed by atoms with E-state index in [4.69, 9.17) is 0 Å². The van der Waals surface area contributed by atoms with E-state index in [1.165, 1.54) is 4.90 Å². The molecule has 140 valence electrons. The minimum absolute atomic E-state index is 0.0846. The molecule has 1 unspecified atom stereocenters. The van der Waals surface area contributed by atoms with Crippen LogP contribution in [0.2, 0.25) is 0 Å². The van der Waals surface area contributed by atoms with Crippen molar-refractivity contribution in [1.82, 2.24) is 14.5 Å². The molecular weight excluding hydrogens is 374 g/mol. The molecular formula is C17H21N3O4S2. The summed E-state index contributed by atoms with van der Waals surface area (Å²) in [7, 11) is 0. The fourth-order valence-electron chi connectivity index (χ4n) is 4.13. The zero-order valence-corrected chi connectivity index (χ0v) is 16.4. The minimum atomic E-state index is -1.07. The number of carbonyl (C=O) groups excluding carboxylic acids is 1. The molecule has 3 aliphatic heterocycles. The molecule has 1 aromatic rings. The van der Waals surface area contributed by atoms with Crippen LogP contribution in [0.15, 0.2) is 22.0 Å². The minimum Gasteiger partial charge on any atom is -0.477 e. The predicted octanol–water partition coefficient (Wildman–Crippen LogP) is 1.55. The van der Waals surface area contributed by atoms with Crippen LogP contribution in [-0.2, 0) is 16.1 Å². The summed E-state index contributed by atoms with van der Waals surface area (Å²) in [6.45, 7) is 6.35. The van der Waals surface area contributed by atoms with Gasteiger partial charge in [-0.25, -0.2) is 9.78 Å². The van der Waals surface area contributed by atoms with Crippen LogP contribution in [0.1, 0.15) is 19.5 Å². The van der Waals surface area contributed by atoms with Gasteiger partial charge in [0.1, 0.15) is 5.70 Å². The largest absolute Gasteiger partial charge is 0.477 e. The Balaban J connectivity index is 1.61. The first-order valence-corrected chi connectivity index (χ1v) is 10.5. The van der Waals surface area contributed by atoms with E-state index in [2.05, 4.69) is 9.55 Å². The molecule has 1 aromatic heterocycles. The van der Waals surface area contributed by atoms with E-state index >= 15 is 0 Å². The monoisotopic (exact) mass is 395 g/mol. The van der Waals surface area contributed by atoms with Crippen LogP contribution in [0.25, 0.3) is 0 Å². The van der Waals surface area contributed by atoms with E-state index < -0.39 is 18.0 Å². The number of carboxylic acids is 1. The lowest BCUT2D eigenvalue weighted by molar-refractivity contribution is -0.163.